The summed E-state index contributed by atoms with van der Waals surface area (Å²) < 4.78 is 29.5. The fraction of sp³-hybridized carbons (Fsp3) is 0.429. The highest BCUT2D eigenvalue weighted by atomic mass is 19.1. The van der Waals surface area contributed by atoms with Crippen molar-refractivity contribution in [1.29, 1.82) is 0 Å². The Labute approximate surface area is 411 Å². The lowest BCUT2D eigenvalue weighted by molar-refractivity contribution is -0.721. The monoisotopic (exact) mass is 967 g/mol. The molecule has 0 aliphatic heterocycles. The molecule has 8 N–H and O–H groups in total. The first-order valence-corrected chi connectivity index (χ1v) is 23.4. The second-order valence-electron chi connectivity index (χ2n) is 17.1. The summed E-state index contributed by atoms with van der Waals surface area (Å²) >= 11 is 0. The van der Waals surface area contributed by atoms with Gasteiger partial charge in [-0.2, -0.15) is 9.36 Å². The first kappa shape index (κ1) is 53.2. The topological polar surface area (TPSA) is 220 Å². The van der Waals surface area contributed by atoms with Gasteiger partial charge in [0.25, 0.3) is 0 Å². The number of aromatic nitrogens is 8. The standard InChI is InChI=1S/C25H34FN7O2.C24H32FN7O2.6H2/c1-4-14-33(15-6-7-19-10-12-21(26)13-11-19)17-23(34)18(2)27-25(35)28-22-9-5-8-20(16-22)24-29-30-31-32(24)3;1-4-32(14-6-7-18-10-12-20(25)13-11-18)16-22(33)17(2)26-24(34)27-21-9-5-8-19(15-21)23-28-29-30-31(23)3;;;;;;/h5,8-13,16,18,23,34H,4,6-7,14-15,17H2,1-3H3,(H2,27,28,35);5,8-13,15,17,22,33H,4,6-7,14,16H2,1-3H3,(H2,26,27,34);6*1H/p+2/t18-,23+;17-,22+;;;;;;/m11....../s1. The summed E-state index contributed by atoms with van der Waals surface area (Å²) in [5.74, 6) is 0.830. The third-order valence-electron chi connectivity index (χ3n) is 11.5. The van der Waals surface area contributed by atoms with Crippen LogP contribution >= 0.6 is 0 Å². The van der Waals surface area contributed by atoms with E-state index in [2.05, 4.69) is 69.0 Å². The summed E-state index contributed by atoms with van der Waals surface area (Å²) in [6.45, 7) is 11.9. The van der Waals surface area contributed by atoms with Gasteiger partial charge in [0.05, 0.1) is 49.5 Å². The largest absolute Gasteiger partial charge is 0.390 e. The third-order valence-corrected chi connectivity index (χ3v) is 11.5. The second-order valence-corrected chi connectivity index (χ2v) is 17.1. The minimum Gasteiger partial charge on any atom is -0.390 e. The Bertz CT molecular complexity index is 2500. The Kier molecular flexibility index (Phi) is 21.1. The maximum atomic E-state index is 13.1. The average Bonchev–Trinajstić information content (AvgIpc) is 3.97. The maximum Gasteiger partial charge on any atom is 0.331 e. The molecule has 4 atom stereocenters. The van der Waals surface area contributed by atoms with Crippen LogP contribution in [0.4, 0.5) is 29.7 Å². The van der Waals surface area contributed by atoms with E-state index in [-0.39, 0.29) is 20.2 Å². The predicted molar refractivity (Wildman–Crippen MR) is 272 cm³/mol. The van der Waals surface area contributed by atoms with Crippen LogP contribution in [0.1, 0.15) is 66.6 Å². The summed E-state index contributed by atoms with van der Waals surface area (Å²) in [6.07, 6.45) is 3.00. The zero-order valence-corrected chi connectivity index (χ0v) is 40.4. The molecule has 0 saturated carbocycles. The number of H-pyrrole nitrogens is 2. The maximum absolute atomic E-state index is 13.1. The van der Waals surface area contributed by atoms with Crippen LogP contribution in [0.25, 0.3) is 22.8 Å². The fourth-order valence-corrected chi connectivity index (χ4v) is 7.57. The molecule has 0 aliphatic rings. The number of carbonyl (C=O) groups is 2. The molecule has 382 valence electrons. The van der Waals surface area contributed by atoms with Gasteiger partial charge in [-0.1, -0.05) is 60.7 Å². The second kappa shape index (κ2) is 27.3. The number of aliphatic hydroxyl groups excluding tert-OH is 2. The Hall–Kier alpha value is -6.74. The van der Waals surface area contributed by atoms with Crippen LogP contribution in [0.5, 0.6) is 0 Å². The first-order valence-electron chi connectivity index (χ1n) is 23.4. The fourth-order valence-electron chi connectivity index (χ4n) is 7.57. The van der Waals surface area contributed by atoms with E-state index in [1.807, 2.05) is 37.3 Å². The van der Waals surface area contributed by atoms with Gasteiger partial charge in [0.2, 0.25) is 0 Å². The highest BCUT2D eigenvalue weighted by Crippen LogP contribution is 2.19. The van der Waals surface area contributed by atoms with Gasteiger partial charge in [-0.15, -0.1) is 0 Å². The van der Waals surface area contributed by atoms with Crippen molar-refractivity contribution in [3.05, 3.63) is 120 Å². The molecule has 2 aromatic heterocycles. The lowest BCUT2D eigenvalue weighted by Crippen LogP contribution is -2.48. The minimum absolute atomic E-state index is 0. The Morgan fingerprint density at radius 1 is 0.652 bits per heavy atom. The lowest BCUT2D eigenvalue weighted by atomic mass is 10.1. The van der Waals surface area contributed by atoms with Gasteiger partial charge in [0, 0.05) is 33.0 Å². The lowest BCUT2D eigenvalue weighted by Gasteiger charge is -2.28. The molecule has 0 bridgehead atoms. The number of hydrogen-bond acceptors (Lipinski definition) is 10. The molecular formula is C49H80F2N14O4+2. The number of aromatic amines is 2. The normalized spacial score (nSPS) is 13.0. The number of nitrogens with one attached hydrogen (secondary N) is 6. The molecule has 69 heavy (non-hydrogen) atoms. The highest BCUT2D eigenvalue weighted by Gasteiger charge is 2.22. The van der Waals surface area contributed by atoms with E-state index < -0.39 is 36.4 Å². The zero-order valence-electron chi connectivity index (χ0n) is 40.4. The molecule has 0 unspecified atom stereocenters. The van der Waals surface area contributed by atoms with Gasteiger partial charge < -0.3 is 41.3 Å². The van der Waals surface area contributed by atoms with Crippen molar-refractivity contribution in [3.8, 4) is 22.8 Å². The molecule has 0 radical (unpaired) electrons. The van der Waals surface area contributed by atoms with E-state index in [1.54, 1.807) is 79.8 Å². The van der Waals surface area contributed by atoms with Gasteiger partial charge in [-0.25, -0.2) is 18.4 Å². The number of amides is 4. The van der Waals surface area contributed by atoms with Crippen molar-refractivity contribution in [1.82, 2.24) is 51.5 Å². The van der Waals surface area contributed by atoms with Crippen molar-refractivity contribution in [2.75, 3.05) is 49.9 Å². The van der Waals surface area contributed by atoms with E-state index in [1.165, 1.54) is 24.3 Å². The quantitative estimate of drug-likeness (QED) is 0.0331. The highest BCUT2D eigenvalue weighted by molar-refractivity contribution is 5.90. The van der Waals surface area contributed by atoms with Crippen molar-refractivity contribution in [2.45, 2.75) is 84.1 Å². The molecule has 6 aromatic rings. The number of aryl methyl sites for hydroxylation is 4. The van der Waals surface area contributed by atoms with Crippen LogP contribution in [0.3, 0.4) is 0 Å². The molecule has 0 aliphatic carbocycles. The summed E-state index contributed by atoms with van der Waals surface area (Å²) in [5.41, 5.74) is 5.01. The first-order chi connectivity index (χ1) is 33.2. The molecule has 20 heteroatoms. The minimum atomic E-state index is -0.725. The van der Waals surface area contributed by atoms with Gasteiger partial charge in [0.1, 0.15) is 21.8 Å². The summed E-state index contributed by atoms with van der Waals surface area (Å²) in [7, 11) is 3.60. The number of tetrazole rings is 2. The molecular weight excluding hydrogens is 887 g/mol. The van der Waals surface area contributed by atoms with Gasteiger partial charge >= 0.3 is 23.7 Å². The van der Waals surface area contributed by atoms with Crippen LogP contribution in [0.2, 0.25) is 0 Å². The van der Waals surface area contributed by atoms with Crippen LogP contribution in [0, 0.1) is 11.6 Å². The van der Waals surface area contributed by atoms with Crippen molar-refractivity contribution < 1.29 is 46.5 Å². The Morgan fingerprint density at radius 3 is 1.46 bits per heavy atom. The molecule has 0 saturated heterocycles. The van der Waals surface area contributed by atoms with Crippen LogP contribution < -0.4 is 30.6 Å². The van der Waals surface area contributed by atoms with Crippen molar-refractivity contribution in [3.63, 3.8) is 0 Å². The smallest absolute Gasteiger partial charge is 0.331 e. The van der Waals surface area contributed by atoms with Crippen LogP contribution in [0.15, 0.2) is 97.1 Å². The third kappa shape index (κ3) is 17.7. The van der Waals surface area contributed by atoms with Gasteiger partial charge in [0.15, 0.2) is 10.4 Å². The van der Waals surface area contributed by atoms with Crippen LogP contribution in [-0.4, -0.2) is 127 Å². The number of aliphatic hydroxyl groups is 2. The number of nitrogens with zero attached hydrogens (tertiary/aromatic N) is 8. The van der Waals surface area contributed by atoms with E-state index in [9.17, 15) is 28.6 Å². The average molecular weight is 967 g/mol. The Morgan fingerprint density at radius 2 is 1.07 bits per heavy atom. The number of halogens is 2. The number of likely N-dealkylation sites (N-methyl/N-ethyl adjacent to an activating group) is 1. The number of hydrogen-bond donors (Lipinski definition) is 8. The SMILES string of the molecule is CCCN(CCCc1ccc(F)cc1)C[C@H](O)[C@@H](C)NC(=O)Nc1cccc(-c2nn[nH][n+]2C)c1.CCN(CCCc1ccc(F)cc1)C[C@H](O)[C@@H](C)NC(=O)Nc1cccc(-c2nn[nH][n+]2C)c1.[HH].[HH].[HH].[HH].[HH].[HH]. The van der Waals surface area contributed by atoms with E-state index in [0.29, 0.717) is 36.1 Å². The van der Waals surface area contributed by atoms with E-state index in [0.717, 1.165) is 80.5 Å². The molecule has 2 heterocycles. The summed E-state index contributed by atoms with van der Waals surface area (Å²) in [5, 5.41) is 53.7. The number of carbonyl (C=O) groups excluding carboxylic acids is 2. The van der Waals surface area contributed by atoms with E-state index >= 15 is 0 Å². The van der Waals surface area contributed by atoms with Crippen molar-refractivity contribution in [2.24, 2.45) is 14.1 Å². The van der Waals surface area contributed by atoms with Gasteiger partial charge in [-0.3, -0.25) is 0 Å². The number of anilines is 2. The number of benzene rings is 4. The molecule has 6 rings (SSSR count). The van der Waals surface area contributed by atoms with E-state index in [4.69, 9.17) is 0 Å². The summed E-state index contributed by atoms with van der Waals surface area (Å²) in [4.78, 5) is 29.4. The summed E-state index contributed by atoms with van der Waals surface area (Å²) in [6, 6.07) is 26.0. The molecule has 18 nitrogen and oxygen atoms in total. The van der Waals surface area contributed by atoms with Crippen molar-refractivity contribution >= 4 is 23.4 Å². The molecule has 0 spiro atoms. The van der Waals surface area contributed by atoms with Crippen LogP contribution in [-0.2, 0) is 26.9 Å². The Balaban J connectivity index is 0. The number of rotatable bonds is 23. The molecule has 4 amide bonds. The molecule has 0 fully saturated rings. The van der Waals surface area contributed by atoms with Gasteiger partial charge in [-0.05, 0) is 144 Å². The number of urea groups is 2. The molecule has 4 aromatic carbocycles. The predicted octanol–water partition coefficient (Wildman–Crippen LogP) is 6.39. The zero-order chi connectivity index (χ0) is 49.7.